The van der Waals surface area contributed by atoms with Gasteiger partial charge in [0.25, 0.3) is 15.9 Å². The first-order valence-corrected chi connectivity index (χ1v) is 15.1. The zero-order valence-corrected chi connectivity index (χ0v) is 23.8. The molecule has 0 saturated carbocycles. The van der Waals surface area contributed by atoms with Gasteiger partial charge in [0.15, 0.2) is 0 Å². The number of halogens is 1. The zero-order chi connectivity index (χ0) is 28.7. The highest BCUT2D eigenvalue weighted by atomic mass is 35.5. The summed E-state index contributed by atoms with van der Waals surface area (Å²) in [5, 5.41) is 3.48. The highest BCUT2D eigenvalue weighted by Gasteiger charge is 2.40. The minimum atomic E-state index is -3.96. The number of amides is 3. The van der Waals surface area contributed by atoms with E-state index in [-0.39, 0.29) is 48.2 Å². The molecule has 0 fully saturated rings. The van der Waals surface area contributed by atoms with Crippen molar-refractivity contribution in [1.82, 2.24) is 14.5 Å². The highest BCUT2D eigenvalue weighted by Crippen LogP contribution is 2.30. The Bertz CT molecular complexity index is 1460. The number of nitrogens with one attached hydrogen (secondary N) is 1. The van der Waals surface area contributed by atoms with Crippen molar-refractivity contribution < 1.29 is 22.8 Å². The topological polar surface area (TPSA) is 104 Å². The predicted molar refractivity (Wildman–Crippen MR) is 153 cm³/mol. The summed E-state index contributed by atoms with van der Waals surface area (Å²) in [4.78, 5) is 41.4. The van der Waals surface area contributed by atoms with E-state index >= 15 is 0 Å². The summed E-state index contributed by atoms with van der Waals surface area (Å²) in [6, 6.07) is 21.8. The Balaban J connectivity index is 1.55. The Kier molecular flexibility index (Phi) is 9.60. The molecule has 3 aromatic rings. The van der Waals surface area contributed by atoms with E-state index in [1.807, 2.05) is 37.3 Å². The van der Waals surface area contributed by atoms with Crippen molar-refractivity contribution in [2.75, 3.05) is 13.1 Å². The molecule has 8 nitrogen and oxygen atoms in total. The van der Waals surface area contributed by atoms with E-state index in [2.05, 4.69) is 5.32 Å². The standard InChI is InChI=1S/C30H32ClN3O5S/c1-2-18-32-29(36)26(20-22-9-4-3-5-10-22)33(21-23-14-16-24(31)17-15-23)28(35)13-8-19-34-30(37)25-11-6-7-12-27(25)40(34,38)39/h3-7,9-12,14-17,26H,2,8,13,18-21H2,1H3,(H,32,36)/t26-/m0/s1. The molecule has 0 saturated heterocycles. The molecule has 4 rings (SSSR count). The SMILES string of the molecule is CCCNC(=O)[C@H](Cc1ccccc1)N(Cc1ccc(Cl)cc1)C(=O)CCCN1C(=O)c2ccccc2S1(=O)=O. The number of carbonyl (C=O) groups is 3. The molecule has 0 spiro atoms. The van der Waals surface area contributed by atoms with Crippen LogP contribution in [0.3, 0.4) is 0 Å². The van der Waals surface area contributed by atoms with Gasteiger partial charge in [-0.1, -0.05) is 73.1 Å². The molecule has 0 radical (unpaired) electrons. The molecule has 0 unspecified atom stereocenters. The van der Waals surface area contributed by atoms with Gasteiger partial charge < -0.3 is 10.2 Å². The van der Waals surface area contributed by atoms with Crippen LogP contribution in [0.5, 0.6) is 0 Å². The van der Waals surface area contributed by atoms with Crippen molar-refractivity contribution in [3.63, 3.8) is 0 Å². The fraction of sp³-hybridized carbons (Fsp3) is 0.300. The van der Waals surface area contributed by atoms with Crippen molar-refractivity contribution in [2.24, 2.45) is 0 Å². The lowest BCUT2D eigenvalue weighted by molar-refractivity contribution is -0.141. The maximum absolute atomic E-state index is 13.7. The molecule has 3 amide bonds. The lowest BCUT2D eigenvalue weighted by Crippen LogP contribution is -2.50. The minimum Gasteiger partial charge on any atom is -0.354 e. The number of hydrogen-bond donors (Lipinski definition) is 1. The van der Waals surface area contributed by atoms with E-state index in [0.717, 1.165) is 21.9 Å². The Morgan fingerprint density at radius 1 is 0.950 bits per heavy atom. The number of rotatable bonds is 12. The predicted octanol–water partition coefficient (Wildman–Crippen LogP) is 4.43. The number of carbonyl (C=O) groups excluding carboxylic acids is 3. The maximum atomic E-state index is 13.7. The Hall–Kier alpha value is -3.69. The van der Waals surface area contributed by atoms with Gasteiger partial charge in [-0.2, -0.15) is 0 Å². The Morgan fingerprint density at radius 3 is 2.30 bits per heavy atom. The normalized spacial score (nSPS) is 14.4. The molecule has 1 aliphatic heterocycles. The van der Waals surface area contributed by atoms with Crippen LogP contribution in [0.25, 0.3) is 0 Å². The lowest BCUT2D eigenvalue weighted by atomic mass is 10.0. The van der Waals surface area contributed by atoms with Crippen LogP contribution >= 0.6 is 11.6 Å². The number of sulfonamides is 1. The van der Waals surface area contributed by atoms with Crippen LogP contribution in [0.15, 0.2) is 83.8 Å². The van der Waals surface area contributed by atoms with Gasteiger partial charge in [0.1, 0.15) is 10.9 Å². The van der Waals surface area contributed by atoms with Crippen LogP contribution < -0.4 is 5.32 Å². The summed E-state index contributed by atoms with van der Waals surface area (Å²) in [5.74, 6) is -1.17. The van der Waals surface area contributed by atoms with Crippen molar-refractivity contribution >= 4 is 39.3 Å². The minimum absolute atomic E-state index is 0.0220. The Morgan fingerprint density at radius 2 is 1.62 bits per heavy atom. The fourth-order valence-corrected chi connectivity index (χ4v) is 6.41. The average molecular weight is 582 g/mol. The zero-order valence-electron chi connectivity index (χ0n) is 22.3. The summed E-state index contributed by atoms with van der Waals surface area (Å²) in [7, 11) is -3.96. The summed E-state index contributed by atoms with van der Waals surface area (Å²) >= 11 is 6.06. The van der Waals surface area contributed by atoms with Gasteiger partial charge in [0, 0.05) is 37.5 Å². The Labute approximate surface area is 240 Å². The van der Waals surface area contributed by atoms with E-state index in [0.29, 0.717) is 18.0 Å². The summed E-state index contributed by atoms with van der Waals surface area (Å²) in [6.07, 6.45) is 1.12. The lowest BCUT2D eigenvalue weighted by Gasteiger charge is -2.32. The monoisotopic (exact) mass is 581 g/mol. The van der Waals surface area contributed by atoms with E-state index < -0.39 is 22.0 Å². The largest absolute Gasteiger partial charge is 0.354 e. The molecule has 1 heterocycles. The first kappa shape index (κ1) is 29.3. The average Bonchev–Trinajstić information content (AvgIpc) is 3.15. The fourth-order valence-electron chi connectivity index (χ4n) is 4.68. The van der Waals surface area contributed by atoms with Gasteiger partial charge in [-0.3, -0.25) is 14.4 Å². The summed E-state index contributed by atoms with van der Waals surface area (Å²) < 4.78 is 26.7. The van der Waals surface area contributed by atoms with Crippen molar-refractivity contribution in [2.45, 2.75) is 50.1 Å². The van der Waals surface area contributed by atoms with Crippen LogP contribution in [-0.2, 0) is 32.6 Å². The highest BCUT2D eigenvalue weighted by molar-refractivity contribution is 7.90. The van der Waals surface area contributed by atoms with Crippen LogP contribution in [0.4, 0.5) is 0 Å². The molecule has 0 aromatic heterocycles. The molecule has 40 heavy (non-hydrogen) atoms. The molecule has 210 valence electrons. The number of benzene rings is 3. The van der Waals surface area contributed by atoms with Gasteiger partial charge in [-0.05, 0) is 48.2 Å². The van der Waals surface area contributed by atoms with Gasteiger partial charge in [0.05, 0.1) is 5.56 Å². The van der Waals surface area contributed by atoms with E-state index in [4.69, 9.17) is 11.6 Å². The van der Waals surface area contributed by atoms with Crippen LogP contribution in [0, 0.1) is 0 Å². The van der Waals surface area contributed by atoms with Crippen LogP contribution in [0.2, 0.25) is 5.02 Å². The third-order valence-corrected chi connectivity index (χ3v) is 8.84. The molecular weight excluding hydrogens is 550 g/mol. The quantitative estimate of drug-likeness (QED) is 0.341. The van der Waals surface area contributed by atoms with Crippen molar-refractivity contribution in [3.05, 3.63) is 101 Å². The molecule has 3 aromatic carbocycles. The second kappa shape index (κ2) is 13.1. The second-order valence-electron chi connectivity index (χ2n) is 9.63. The van der Waals surface area contributed by atoms with Gasteiger partial charge in [-0.25, -0.2) is 12.7 Å². The summed E-state index contributed by atoms with van der Waals surface area (Å²) in [5.41, 5.74) is 1.83. The third-order valence-electron chi connectivity index (χ3n) is 6.75. The maximum Gasteiger partial charge on any atom is 0.269 e. The van der Waals surface area contributed by atoms with E-state index in [1.165, 1.54) is 17.0 Å². The molecular formula is C30H32ClN3O5S. The number of fused-ring (bicyclic) bond motifs is 1. The van der Waals surface area contributed by atoms with Crippen molar-refractivity contribution in [3.8, 4) is 0 Å². The summed E-state index contributed by atoms with van der Waals surface area (Å²) in [6.45, 7) is 2.46. The first-order chi connectivity index (χ1) is 19.2. The molecule has 1 aliphatic rings. The van der Waals surface area contributed by atoms with E-state index in [1.54, 1.807) is 36.4 Å². The van der Waals surface area contributed by atoms with Crippen LogP contribution in [-0.4, -0.2) is 54.5 Å². The van der Waals surface area contributed by atoms with Crippen molar-refractivity contribution in [1.29, 1.82) is 0 Å². The van der Waals surface area contributed by atoms with Gasteiger partial charge in [0.2, 0.25) is 11.8 Å². The second-order valence-corrected chi connectivity index (χ2v) is 11.9. The molecule has 1 N–H and O–H groups in total. The first-order valence-electron chi connectivity index (χ1n) is 13.2. The number of nitrogens with zero attached hydrogens (tertiary/aromatic N) is 2. The third kappa shape index (κ3) is 6.71. The smallest absolute Gasteiger partial charge is 0.269 e. The molecule has 10 heteroatoms. The molecule has 1 atom stereocenters. The molecule has 0 bridgehead atoms. The molecule has 0 aliphatic carbocycles. The van der Waals surface area contributed by atoms with Gasteiger partial charge >= 0.3 is 0 Å². The van der Waals surface area contributed by atoms with Gasteiger partial charge in [-0.15, -0.1) is 0 Å². The van der Waals surface area contributed by atoms with E-state index in [9.17, 15) is 22.8 Å². The number of hydrogen-bond acceptors (Lipinski definition) is 5. The van der Waals surface area contributed by atoms with Crippen LogP contribution in [0.1, 0.15) is 47.7 Å².